The van der Waals surface area contributed by atoms with Crippen LogP contribution in [0.25, 0.3) is 10.4 Å². The van der Waals surface area contributed by atoms with Crippen molar-refractivity contribution in [1.82, 2.24) is 4.98 Å². The summed E-state index contributed by atoms with van der Waals surface area (Å²) < 4.78 is 29.6. The molecule has 1 aromatic carbocycles. The van der Waals surface area contributed by atoms with Crippen molar-refractivity contribution in [2.24, 2.45) is 5.73 Å². The van der Waals surface area contributed by atoms with Gasteiger partial charge in [-0.15, -0.1) is 11.3 Å². The molecule has 1 amide bonds. The van der Waals surface area contributed by atoms with Gasteiger partial charge in [0.2, 0.25) is 0 Å². The number of thiophene rings is 1. The van der Waals surface area contributed by atoms with Gasteiger partial charge in [-0.3, -0.25) is 4.79 Å². The van der Waals surface area contributed by atoms with Crippen molar-refractivity contribution < 1.29 is 18.7 Å². The highest BCUT2D eigenvalue weighted by Crippen LogP contribution is 2.40. The fourth-order valence-electron chi connectivity index (χ4n) is 3.11. The first kappa shape index (κ1) is 23.3. The van der Waals surface area contributed by atoms with Crippen LogP contribution in [0.1, 0.15) is 54.7 Å². The van der Waals surface area contributed by atoms with Crippen LogP contribution in [0.4, 0.5) is 19.6 Å². The molecule has 0 aliphatic carbocycles. The van der Waals surface area contributed by atoms with E-state index in [0.29, 0.717) is 17.9 Å². The SMILES string of the molecule is CC(CC#N)c1cccc(Nc2sc(-c3c(F)cc(C(C)(C)O)cc3F)cc2C(N)=O)n1. The Balaban J connectivity index is 2.02. The van der Waals surface area contributed by atoms with Crippen LogP contribution >= 0.6 is 11.3 Å². The van der Waals surface area contributed by atoms with Gasteiger partial charge < -0.3 is 16.2 Å². The van der Waals surface area contributed by atoms with E-state index in [-0.39, 0.29) is 32.5 Å². The number of aromatic nitrogens is 1. The van der Waals surface area contributed by atoms with Gasteiger partial charge in [0, 0.05) is 22.9 Å². The van der Waals surface area contributed by atoms with Crippen molar-refractivity contribution in [3.8, 4) is 16.5 Å². The van der Waals surface area contributed by atoms with Crippen LogP contribution in [0.2, 0.25) is 0 Å². The van der Waals surface area contributed by atoms with Crippen LogP contribution in [0.3, 0.4) is 0 Å². The number of nitrogens with one attached hydrogen (secondary N) is 1. The number of carbonyl (C=O) groups excluding carboxylic acids is 1. The lowest BCUT2D eigenvalue weighted by molar-refractivity contribution is 0.0778. The van der Waals surface area contributed by atoms with Gasteiger partial charge in [-0.05, 0) is 49.7 Å². The molecule has 166 valence electrons. The second kappa shape index (κ2) is 9.02. The Hall–Kier alpha value is -3.35. The summed E-state index contributed by atoms with van der Waals surface area (Å²) in [4.78, 5) is 16.6. The largest absolute Gasteiger partial charge is 0.386 e. The van der Waals surface area contributed by atoms with Crippen molar-refractivity contribution >= 4 is 28.1 Å². The molecule has 1 unspecified atom stereocenters. The Labute approximate surface area is 188 Å². The number of aliphatic hydroxyl groups is 1. The normalized spacial score (nSPS) is 12.3. The summed E-state index contributed by atoms with van der Waals surface area (Å²) in [6.45, 7) is 4.73. The maximum atomic E-state index is 14.8. The Kier molecular flexibility index (Phi) is 6.57. The van der Waals surface area contributed by atoms with Crippen molar-refractivity contribution in [2.75, 3.05) is 5.32 Å². The van der Waals surface area contributed by atoms with E-state index in [9.17, 15) is 18.7 Å². The van der Waals surface area contributed by atoms with E-state index >= 15 is 0 Å². The Morgan fingerprint density at radius 1 is 1.31 bits per heavy atom. The summed E-state index contributed by atoms with van der Waals surface area (Å²) in [6.07, 6.45) is 0.297. The smallest absolute Gasteiger partial charge is 0.251 e. The first-order valence-corrected chi connectivity index (χ1v) is 10.6. The molecule has 0 saturated carbocycles. The number of amides is 1. The molecule has 4 N–H and O–H groups in total. The number of pyridine rings is 1. The van der Waals surface area contributed by atoms with Gasteiger partial charge in [-0.25, -0.2) is 13.8 Å². The summed E-state index contributed by atoms with van der Waals surface area (Å²) in [6, 6.07) is 10.8. The van der Waals surface area contributed by atoms with Crippen LogP contribution in [0.15, 0.2) is 36.4 Å². The third-order valence-corrected chi connectivity index (χ3v) is 5.98. The molecule has 0 aliphatic rings. The number of rotatable bonds is 7. The van der Waals surface area contributed by atoms with Gasteiger partial charge in [0.1, 0.15) is 22.5 Å². The van der Waals surface area contributed by atoms with Gasteiger partial charge in [-0.1, -0.05) is 13.0 Å². The highest BCUT2D eigenvalue weighted by Gasteiger charge is 2.24. The summed E-state index contributed by atoms with van der Waals surface area (Å²) in [7, 11) is 0. The number of carbonyl (C=O) groups is 1. The van der Waals surface area contributed by atoms with Crippen LogP contribution in [0, 0.1) is 23.0 Å². The first-order valence-electron chi connectivity index (χ1n) is 9.78. The molecule has 0 spiro atoms. The van der Waals surface area contributed by atoms with Gasteiger partial charge in [-0.2, -0.15) is 5.26 Å². The van der Waals surface area contributed by atoms with Gasteiger partial charge in [0.15, 0.2) is 0 Å². The zero-order chi connectivity index (χ0) is 23.6. The molecular weight excluding hydrogens is 434 g/mol. The lowest BCUT2D eigenvalue weighted by atomic mass is 9.96. The molecule has 32 heavy (non-hydrogen) atoms. The van der Waals surface area contributed by atoms with Crippen LogP contribution < -0.4 is 11.1 Å². The number of nitrogens with zero attached hydrogens (tertiary/aromatic N) is 2. The fourth-order valence-corrected chi connectivity index (χ4v) is 4.22. The molecule has 3 rings (SSSR count). The fraction of sp³-hybridized carbons (Fsp3) is 0.261. The van der Waals surface area contributed by atoms with Crippen molar-refractivity contribution in [2.45, 2.75) is 38.7 Å². The van der Waals surface area contributed by atoms with E-state index in [1.807, 2.05) is 6.92 Å². The maximum Gasteiger partial charge on any atom is 0.251 e. The van der Waals surface area contributed by atoms with Gasteiger partial charge in [0.25, 0.3) is 5.91 Å². The Morgan fingerprint density at radius 3 is 2.53 bits per heavy atom. The average Bonchev–Trinajstić information content (AvgIpc) is 3.10. The number of hydrogen-bond acceptors (Lipinski definition) is 6. The Bertz CT molecular complexity index is 1190. The van der Waals surface area contributed by atoms with E-state index < -0.39 is 23.1 Å². The van der Waals surface area contributed by atoms with E-state index in [1.54, 1.807) is 18.2 Å². The quantitative estimate of drug-likeness (QED) is 0.454. The average molecular weight is 457 g/mol. The number of hydrogen-bond donors (Lipinski definition) is 3. The number of halogens is 2. The molecule has 1 atom stereocenters. The van der Waals surface area contributed by atoms with E-state index in [0.717, 1.165) is 23.5 Å². The summed E-state index contributed by atoms with van der Waals surface area (Å²) in [5.41, 5.74) is 4.59. The van der Waals surface area contributed by atoms with Crippen molar-refractivity contribution in [3.63, 3.8) is 0 Å². The molecule has 6 nitrogen and oxygen atoms in total. The minimum Gasteiger partial charge on any atom is -0.386 e. The van der Waals surface area contributed by atoms with Crippen LogP contribution in [0.5, 0.6) is 0 Å². The number of benzene rings is 1. The lowest BCUT2D eigenvalue weighted by Gasteiger charge is -2.18. The van der Waals surface area contributed by atoms with Gasteiger partial charge in [0.05, 0.1) is 22.8 Å². The first-order chi connectivity index (χ1) is 15.0. The molecule has 9 heteroatoms. The zero-order valence-electron chi connectivity index (χ0n) is 17.7. The molecular formula is C23H22F2N4O2S. The summed E-state index contributed by atoms with van der Waals surface area (Å²) in [5.74, 6) is -2.18. The minimum absolute atomic E-state index is 0.0626. The monoisotopic (exact) mass is 456 g/mol. The lowest BCUT2D eigenvalue weighted by Crippen LogP contribution is -2.16. The molecule has 0 radical (unpaired) electrons. The molecule has 2 aromatic heterocycles. The van der Waals surface area contributed by atoms with E-state index in [2.05, 4.69) is 16.4 Å². The van der Waals surface area contributed by atoms with Crippen molar-refractivity contribution in [1.29, 1.82) is 5.26 Å². The van der Waals surface area contributed by atoms with Gasteiger partial charge >= 0.3 is 0 Å². The second-order valence-electron chi connectivity index (χ2n) is 7.93. The highest BCUT2D eigenvalue weighted by atomic mass is 32.1. The molecule has 0 saturated heterocycles. The number of nitriles is 1. The number of nitrogens with two attached hydrogens (primary N) is 1. The topological polar surface area (TPSA) is 112 Å². The molecule has 2 heterocycles. The summed E-state index contributed by atoms with van der Waals surface area (Å²) in [5, 5.41) is 22.2. The molecule has 0 fully saturated rings. The summed E-state index contributed by atoms with van der Waals surface area (Å²) >= 11 is 0.955. The predicted molar refractivity (Wildman–Crippen MR) is 120 cm³/mol. The minimum atomic E-state index is -1.42. The zero-order valence-corrected chi connectivity index (χ0v) is 18.6. The molecule has 3 aromatic rings. The Morgan fingerprint density at radius 2 is 1.97 bits per heavy atom. The standard InChI is InChI=1S/C23H22F2N4O2S/c1-12(7-8-26)17-5-4-6-19(28-17)29-22-14(21(27)30)11-18(32-22)20-15(24)9-13(10-16(20)25)23(2,3)31/h4-6,9-12,31H,7H2,1-3H3,(H2,27,30)(H,28,29). The van der Waals surface area contributed by atoms with Crippen LogP contribution in [-0.4, -0.2) is 16.0 Å². The maximum absolute atomic E-state index is 14.8. The van der Waals surface area contributed by atoms with E-state index in [4.69, 9.17) is 11.0 Å². The number of anilines is 2. The third-order valence-electron chi connectivity index (χ3n) is 4.91. The molecule has 0 aliphatic heterocycles. The predicted octanol–water partition coefficient (Wildman–Crippen LogP) is 5.18. The molecule has 0 bridgehead atoms. The number of primary amides is 1. The third kappa shape index (κ3) is 4.93. The van der Waals surface area contributed by atoms with Crippen LogP contribution in [-0.2, 0) is 5.60 Å². The van der Waals surface area contributed by atoms with Crippen molar-refractivity contribution in [3.05, 3.63) is 64.9 Å². The second-order valence-corrected chi connectivity index (χ2v) is 8.98. The highest BCUT2D eigenvalue weighted by molar-refractivity contribution is 7.20. The van der Waals surface area contributed by atoms with E-state index in [1.165, 1.54) is 19.9 Å².